The Balaban J connectivity index is 1.52. The van der Waals surface area contributed by atoms with Crippen molar-refractivity contribution in [3.63, 3.8) is 0 Å². The molecule has 3 heterocycles. The summed E-state index contributed by atoms with van der Waals surface area (Å²) in [7, 11) is 0. The predicted molar refractivity (Wildman–Crippen MR) is 119 cm³/mol. The summed E-state index contributed by atoms with van der Waals surface area (Å²) in [5.41, 5.74) is -0.0116. The van der Waals surface area contributed by atoms with Crippen LogP contribution >= 0.6 is 0 Å². The Labute approximate surface area is 194 Å². The van der Waals surface area contributed by atoms with Crippen LogP contribution in [-0.4, -0.2) is 59.1 Å². The minimum absolute atomic E-state index is 0.103. The molecule has 1 aliphatic carbocycles. The van der Waals surface area contributed by atoms with Gasteiger partial charge in [0.25, 0.3) is 0 Å². The van der Waals surface area contributed by atoms with Crippen molar-refractivity contribution in [2.75, 3.05) is 26.3 Å². The summed E-state index contributed by atoms with van der Waals surface area (Å²) < 4.78 is 45.1. The molecule has 1 saturated heterocycles. The van der Waals surface area contributed by atoms with Crippen LogP contribution in [0.4, 0.5) is 13.2 Å². The van der Waals surface area contributed by atoms with Gasteiger partial charge in [-0.3, -0.25) is 14.7 Å². The number of rotatable bonds is 5. The SMILES string of the molecule is CCN(C1CCOCC1)[C@@H]1CC[C@@](C(=O)N2CCc3ncc(C(F)(F)F)cc3C2)(C(C)C)C1. The number of hydrogen-bond acceptors (Lipinski definition) is 4. The molecule has 1 saturated carbocycles. The highest BCUT2D eigenvalue weighted by Gasteiger charge is 2.51. The first-order valence-electron chi connectivity index (χ1n) is 12.3. The minimum atomic E-state index is -4.43. The number of alkyl halides is 3. The summed E-state index contributed by atoms with van der Waals surface area (Å²) in [6.07, 6.45) is 1.67. The Hall–Kier alpha value is -1.67. The van der Waals surface area contributed by atoms with Crippen LogP contribution in [0.2, 0.25) is 0 Å². The monoisotopic (exact) mass is 467 g/mol. The summed E-state index contributed by atoms with van der Waals surface area (Å²) in [5, 5.41) is 0. The van der Waals surface area contributed by atoms with Gasteiger partial charge in [0.1, 0.15) is 0 Å². The van der Waals surface area contributed by atoms with Crippen molar-refractivity contribution in [2.24, 2.45) is 11.3 Å². The second-order valence-electron chi connectivity index (χ2n) is 10.2. The zero-order valence-electron chi connectivity index (χ0n) is 20.0. The maximum absolute atomic E-state index is 13.9. The van der Waals surface area contributed by atoms with Crippen molar-refractivity contribution in [1.29, 1.82) is 0 Å². The van der Waals surface area contributed by atoms with Gasteiger partial charge >= 0.3 is 6.18 Å². The van der Waals surface area contributed by atoms with Gasteiger partial charge in [0.05, 0.1) is 11.0 Å². The van der Waals surface area contributed by atoms with E-state index in [0.717, 1.165) is 58.1 Å². The number of carbonyl (C=O) groups is 1. The lowest BCUT2D eigenvalue weighted by molar-refractivity contribution is -0.146. The number of carbonyl (C=O) groups excluding carboxylic acids is 1. The molecule has 2 atom stereocenters. The van der Waals surface area contributed by atoms with Crippen molar-refractivity contribution in [1.82, 2.24) is 14.8 Å². The molecule has 3 aliphatic rings. The van der Waals surface area contributed by atoms with Crippen LogP contribution in [0.1, 0.15) is 69.7 Å². The molecule has 4 rings (SSSR count). The van der Waals surface area contributed by atoms with Gasteiger partial charge in [0.2, 0.25) is 5.91 Å². The number of halogens is 3. The number of amides is 1. The van der Waals surface area contributed by atoms with E-state index < -0.39 is 17.2 Å². The first-order valence-corrected chi connectivity index (χ1v) is 12.3. The normalized spacial score (nSPS) is 26.8. The second-order valence-corrected chi connectivity index (χ2v) is 10.2. The van der Waals surface area contributed by atoms with Crippen molar-refractivity contribution in [3.05, 3.63) is 29.1 Å². The Morgan fingerprint density at radius 1 is 1.27 bits per heavy atom. The Morgan fingerprint density at radius 2 is 2.00 bits per heavy atom. The molecule has 2 fully saturated rings. The Bertz CT molecular complexity index is 854. The summed E-state index contributed by atoms with van der Waals surface area (Å²) >= 11 is 0. The smallest absolute Gasteiger partial charge is 0.381 e. The van der Waals surface area contributed by atoms with Crippen molar-refractivity contribution < 1.29 is 22.7 Å². The summed E-state index contributed by atoms with van der Waals surface area (Å²) in [4.78, 5) is 22.3. The van der Waals surface area contributed by atoms with Gasteiger partial charge in [-0.2, -0.15) is 13.2 Å². The molecule has 8 heteroatoms. The third kappa shape index (κ3) is 4.78. The highest BCUT2D eigenvalue weighted by atomic mass is 19.4. The van der Waals surface area contributed by atoms with Crippen LogP contribution in [0.3, 0.4) is 0 Å². The molecule has 184 valence electrons. The molecular formula is C25H36F3N3O2. The van der Waals surface area contributed by atoms with Crippen LogP contribution in [0.25, 0.3) is 0 Å². The molecule has 0 spiro atoms. The summed E-state index contributed by atoms with van der Waals surface area (Å²) in [6.45, 7) is 9.70. The molecule has 0 bridgehead atoms. The maximum atomic E-state index is 13.9. The Morgan fingerprint density at radius 3 is 2.64 bits per heavy atom. The number of ether oxygens (including phenoxy) is 1. The van der Waals surface area contributed by atoms with Crippen LogP contribution in [0.5, 0.6) is 0 Å². The molecule has 1 amide bonds. The first kappa shape index (κ1) is 24.5. The second kappa shape index (κ2) is 9.53. The molecule has 1 aromatic rings. The van der Waals surface area contributed by atoms with E-state index in [2.05, 4.69) is 30.7 Å². The lowest BCUT2D eigenvalue weighted by Crippen LogP contribution is -2.49. The average molecular weight is 468 g/mol. The number of nitrogens with zero attached hydrogens (tertiary/aromatic N) is 3. The van der Waals surface area contributed by atoms with Gasteiger partial charge in [0, 0.05) is 56.7 Å². The fourth-order valence-corrected chi connectivity index (χ4v) is 6.20. The molecule has 33 heavy (non-hydrogen) atoms. The highest BCUT2D eigenvalue weighted by molar-refractivity contribution is 5.83. The number of pyridine rings is 1. The lowest BCUT2D eigenvalue weighted by Gasteiger charge is -2.41. The molecule has 0 unspecified atom stereocenters. The minimum Gasteiger partial charge on any atom is -0.381 e. The van der Waals surface area contributed by atoms with E-state index in [1.54, 1.807) is 4.90 Å². The Kier molecular flexibility index (Phi) is 7.06. The fourth-order valence-electron chi connectivity index (χ4n) is 6.20. The molecule has 5 nitrogen and oxygen atoms in total. The zero-order valence-corrected chi connectivity index (χ0v) is 20.0. The van der Waals surface area contributed by atoms with Crippen LogP contribution < -0.4 is 0 Å². The van der Waals surface area contributed by atoms with Crippen molar-refractivity contribution >= 4 is 5.91 Å². The maximum Gasteiger partial charge on any atom is 0.417 e. The summed E-state index contributed by atoms with van der Waals surface area (Å²) in [6, 6.07) is 2.03. The molecule has 1 aromatic heterocycles. The zero-order chi connectivity index (χ0) is 23.8. The van der Waals surface area contributed by atoms with Gasteiger partial charge in [-0.15, -0.1) is 0 Å². The van der Waals surface area contributed by atoms with Gasteiger partial charge in [-0.25, -0.2) is 0 Å². The number of fused-ring (bicyclic) bond motifs is 1. The van der Waals surface area contributed by atoms with Gasteiger partial charge in [-0.05, 0) is 56.2 Å². The van der Waals surface area contributed by atoms with Crippen LogP contribution in [0, 0.1) is 11.3 Å². The summed E-state index contributed by atoms with van der Waals surface area (Å²) in [5.74, 6) is 0.274. The molecular weight excluding hydrogens is 431 g/mol. The molecule has 0 N–H and O–H groups in total. The first-order chi connectivity index (χ1) is 15.7. The standard InChI is InChI=1S/C25H36F3N3O2/c1-4-31(20-7-11-33-12-8-20)21-5-9-24(14-21,17(2)3)23(32)30-10-6-22-18(16-30)13-19(15-29-22)25(26,27)28/h13,15,17,20-21H,4-12,14,16H2,1-3H3/t21-,24+/m1/s1. The van der Waals surface area contributed by atoms with Gasteiger partial charge < -0.3 is 9.64 Å². The van der Waals surface area contributed by atoms with E-state index in [-0.39, 0.29) is 18.4 Å². The van der Waals surface area contributed by atoms with Crippen LogP contribution in [-0.2, 0) is 28.7 Å². The molecule has 2 aliphatic heterocycles. The van der Waals surface area contributed by atoms with Crippen molar-refractivity contribution in [3.8, 4) is 0 Å². The lowest BCUT2D eigenvalue weighted by atomic mass is 9.73. The van der Waals surface area contributed by atoms with Gasteiger partial charge in [0.15, 0.2) is 0 Å². The fraction of sp³-hybridized carbons (Fsp3) is 0.760. The molecule has 0 aromatic carbocycles. The van der Waals surface area contributed by atoms with E-state index in [4.69, 9.17) is 4.74 Å². The quantitative estimate of drug-likeness (QED) is 0.631. The largest absolute Gasteiger partial charge is 0.417 e. The third-order valence-electron chi connectivity index (χ3n) is 8.20. The predicted octanol–water partition coefficient (Wildman–Crippen LogP) is 4.68. The van der Waals surface area contributed by atoms with E-state index in [0.29, 0.717) is 36.3 Å². The van der Waals surface area contributed by atoms with E-state index in [1.165, 1.54) is 6.07 Å². The van der Waals surface area contributed by atoms with E-state index in [9.17, 15) is 18.0 Å². The van der Waals surface area contributed by atoms with E-state index >= 15 is 0 Å². The van der Waals surface area contributed by atoms with E-state index in [1.807, 2.05) is 0 Å². The average Bonchev–Trinajstić information content (AvgIpc) is 3.25. The highest BCUT2D eigenvalue weighted by Crippen LogP contribution is 2.48. The molecule has 0 radical (unpaired) electrons. The van der Waals surface area contributed by atoms with Gasteiger partial charge in [-0.1, -0.05) is 20.8 Å². The van der Waals surface area contributed by atoms with Crippen LogP contribution in [0.15, 0.2) is 12.3 Å². The number of hydrogen-bond donors (Lipinski definition) is 0. The third-order valence-corrected chi connectivity index (χ3v) is 8.20. The van der Waals surface area contributed by atoms with Crippen molar-refractivity contribution in [2.45, 2.75) is 84.1 Å². The number of aromatic nitrogens is 1. The topological polar surface area (TPSA) is 45.7 Å².